The third-order valence-corrected chi connectivity index (χ3v) is 5.36. The fourth-order valence-electron chi connectivity index (χ4n) is 3.38. The van der Waals surface area contributed by atoms with Crippen LogP contribution in [0, 0.1) is 0 Å². The smallest absolute Gasteiger partial charge is 0.252 e. The summed E-state index contributed by atoms with van der Waals surface area (Å²) in [6, 6.07) is 16.4. The number of likely N-dealkylation sites (N-methyl/N-ethyl adjacent to an activating group) is 1. The number of hydrogen-bond donors (Lipinski definition) is 1. The van der Waals surface area contributed by atoms with Crippen LogP contribution >= 0.6 is 12.2 Å². The number of hydrogen-bond acceptors (Lipinski definition) is 4. The number of carbonyl (C=O) groups is 2. The van der Waals surface area contributed by atoms with Gasteiger partial charge in [-0.3, -0.25) is 14.5 Å². The van der Waals surface area contributed by atoms with Gasteiger partial charge in [0, 0.05) is 18.8 Å². The molecule has 1 atom stereocenters. The van der Waals surface area contributed by atoms with Crippen LogP contribution in [0.3, 0.4) is 0 Å². The van der Waals surface area contributed by atoms with Crippen molar-refractivity contribution < 1.29 is 14.3 Å². The van der Waals surface area contributed by atoms with Gasteiger partial charge in [-0.05, 0) is 55.4 Å². The molecule has 0 aromatic heterocycles. The fraction of sp³-hybridized carbons (Fsp3) is 0.348. The second kappa shape index (κ2) is 10.2. The Morgan fingerprint density at radius 3 is 2.43 bits per heavy atom. The van der Waals surface area contributed by atoms with Crippen LogP contribution in [-0.4, -0.2) is 45.9 Å². The van der Waals surface area contributed by atoms with Crippen molar-refractivity contribution in [3.8, 4) is 5.75 Å². The van der Waals surface area contributed by atoms with Crippen molar-refractivity contribution in [3.05, 3.63) is 60.2 Å². The Labute approximate surface area is 182 Å². The summed E-state index contributed by atoms with van der Waals surface area (Å²) in [5, 5.41) is 3.34. The van der Waals surface area contributed by atoms with E-state index in [1.54, 1.807) is 17.0 Å². The molecular formula is C23H27N3O3S. The minimum atomic E-state index is -0.607. The van der Waals surface area contributed by atoms with Crippen LogP contribution in [0.2, 0.25) is 0 Å². The van der Waals surface area contributed by atoms with E-state index >= 15 is 0 Å². The van der Waals surface area contributed by atoms with Crippen molar-refractivity contribution in [1.82, 2.24) is 9.80 Å². The molecule has 30 heavy (non-hydrogen) atoms. The number of thiocarbonyl (C=S) groups is 1. The Morgan fingerprint density at radius 1 is 1.10 bits per heavy atom. The maximum Gasteiger partial charge on any atom is 0.252 e. The first kappa shape index (κ1) is 21.8. The molecule has 2 aromatic carbocycles. The highest BCUT2D eigenvalue weighted by Crippen LogP contribution is 2.24. The van der Waals surface area contributed by atoms with E-state index in [2.05, 4.69) is 5.32 Å². The lowest BCUT2D eigenvalue weighted by atomic mass is 10.1. The molecule has 0 spiro atoms. The third-order valence-electron chi connectivity index (χ3n) is 4.91. The quantitative estimate of drug-likeness (QED) is 0.619. The summed E-state index contributed by atoms with van der Waals surface area (Å²) in [7, 11) is 0. The summed E-state index contributed by atoms with van der Waals surface area (Å²) < 4.78 is 5.56. The average molecular weight is 426 g/mol. The largest absolute Gasteiger partial charge is 0.494 e. The molecule has 2 aromatic rings. The maximum absolute atomic E-state index is 12.9. The Balaban J connectivity index is 1.67. The first-order chi connectivity index (χ1) is 14.5. The molecule has 1 unspecified atom stereocenters. The third kappa shape index (κ3) is 5.16. The van der Waals surface area contributed by atoms with Gasteiger partial charge in [0.05, 0.1) is 13.0 Å². The van der Waals surface area contributed by atoms with Crippen LogP contribution in [0.25, 0.3) is 0 Å². The zero-order valence-corrected chi connectivity index (χ0v) is 18.2. The summed E-state index contributed by atoms with van der Waals surface area (Å²) in [5.41, 5.74) is 1.71. The molecule has 0 saturated carbocycles. The van der Waals surface area contributed by atoms with E-state index in [0.29, 0.717) is 30.5 Å². The molecule has 0 bridgehead atoms. The lowest BCUT2D eigenvalue weighted by Gasteiger charge is -2.23. The topological polar surface area (TPSA) is 61.9 Å². The zero-order chi connectivity index (χ0) is 21.5. The van der Waals surface area contributed by atoms with Crippen molar-refractivity contribution in [2.24, 2.45) is 0 Å². The van der Waals surface area contributed by atoms with Gasteiger partial charge in [0.25, 0.3) is 5.91 Å². The number of carbonyl (C=O) groups excluding carboxylic acids is 2. The molecular weight excluding hydrogens is 398 g/mol. The van der Waals surface area contributed by atoms with E-state index in [9.17, 15) is 9.59 Å². The number of ether oxygens (including phenoxy) is 1. The minimum Gasteiger partial charge on any atom is -0.494 e. The molecule has 1 heterocycles. The van der Waals surface area contributed by atoms with E-state index in [0.717, 1.165) is 17.7 Å². The number of benzene rings is 2. The van der Waals surface area contributed by atoms with Gasteiger partial charge in [0.2, 0.25) is 5.91 Å². The standard InChI is InChI=1S/C23H27N3O3S/c1-3-14-29-19-12-10-18(11-13-19)24-21(27)15-20-22(28)25(4-2)23(30)26(20)16-17-8-6-5-7-9-17/h5-13,20H,3-4,14-16H2,1-2H3,(H,24,27). The van der Waals surface area contributed by atoms with E-state index in [-0.39, 0.29) is 18.2 Å². The van der Waals surface area contributed by atoms with Crippen molar-refractivity contribution in [2.45, 2.75) is 39.3 Å². The number of rotatable bonds is 9. The Bertz CT molecular complexity index is 886. The highest BCUT2D eigenvalue weighted by atomic mass is 32.1. The van der Waals surface area contributed by atoms with Crippen LogP contribution in [0.5, 0.6) is 5.75 Å². The van der Waals surface area contributed by atoms with Gasteiger partial charge < -0.3 is 15.0 Å². The summed E-state index contributed by atoms with van der Waals surface area (Å²) >= 11 is 5.53. The van der Waals surface area contributed by atoms with Crippen LogP contribution < -0.4 is 10.1 Å². The van der Waals surface area contributed by atoms with E-state index < -0.39 is 6.04 Å². The van der Waals surface area contributed by atoms with E-state index in [4.69, 9.17) is 17.0 Å². The minimum absolute atomic E-state index is 0.0381. The highest BCUT2D eigenvalue weighted by molar-refractivity contribution is 7.80. The first-order valence-corrected chi connectivity index (χ1v) is 10.6. The molecule has 3 rings (SSSR count). The lowest BCUT2D eigenvalue weighted by molar-refractivity contribution is -0.130. The first-order valence-electron chi connectivity index (χ1n) is 10.2. The van der Waals surface area contributed by atoms with E-state index in [1.165, 1.54) is 0 Å². The summed E-state index contributed by atoms with van der Waals surface area (Å²) in [5.74, 6) is 0.407. The van der Waals surface area contributed by atoms with Crippen LogP contribution in [0.4, 0.5) is 5.69 Å². The Morgan fingerprint density at radius 2 is 1.80 bits per heavy atom. The molecule has 1 N–H and O–H groups in total. The molecule has 1 saturated heterocycles. The van der Waals surface area contributed by atoms with Crippen molar-refractivity contribution in [3.63, 3.8) is 0 Å². The van der Waals surface area contributed by atoms with Gasteiger partial charge in [-0.15, -0.1) is 0 Å². The predicted octanol–water partition coefficient (Wildman–Crippen LogP) is 3.82. The fourth-order valence-corrected chi connectivity index (χ4v) is 3.80. The van der Waals surface area contributed by atoms with Crippen molar-refractivity contribution >= 4 is 34.8 Å². The van der Waals surface area contributed by atoms with E-state index in [1.807, 2.05) is 61.2 Å². The molecule has 2 amide bonds. The number of nitrogens with zero attached hydrogens (tertiary/aromatic N) is 2. The molecule has 7 heteroatoms. The summed E-state index contributed by atoms with van der Waals surface area (Å²) in [6.07, 6.45) is 0.973. The molecule has 1 aliphatic rings. The zero-order valence-electron chi connectivity index (χ0n) is 17.3. The molecule has 0 radical (unpaired) electrons. The Hall–Kier alpha value is -2.93. The Kier molecular flexibility index (Phi) is 7.41. The SMILES string of the molecule is CCCOc1ccc(NC(=O)CC2C(=O)N(CC)C(=S)N2Cc2ccccc2)cc1. The van der Waals surface area contributed by atoms with Crippen LogP contribution in [0.15, 0.2) is 54.6 Å². The number of anilines is 1. The number of amides is 2. The van der Waals surface area contributed by atoms with Crippen LogP contribution in [-0.2, 0) is 16.1 Å². The van der Waals surface area contributed by atoms with Gasteiger partial charge in [0.1, 0.15) is 11.8 Å². The molecule has 0 aliphatic carbocycles. The molecule has 6 nitrogen and oxygen atoms in total. The lowest BCUT2D eigenvalue weighted by Crippen LogP contribution is -2.37. The van der Waals surface area contributed by atoms with Crippen molar-refractivity contribution in [1.29, 1.82) is 0 Å². The second-order valence-corrected chi connectivity index (χ2v) is 7.48. The van der Waals surface area contributed by atoms with Gasteiger partial charge >= 0.3 is 0 Å². The van der Waals surface area contributed by atoms with Gasteiger partial charge in [-0.2, -0.15) is 0 Å². The van der Waals surface area contributed by atoms with Crippen molar-refractivity contribution in [2.75, 3.05) is 18.5 Å². The molecule has 1 aliphatic heterocycles. The van der Waals surface area contributed by atoms with Gasteiger partial charge in [0.15, 0.2) is 5.11 Å². The summed E-state index contributed by atoms with van der Waals surface area (Å²) in [6.45, 7) is 5.56. The molecule has 158 valence electrons. The predicted molar refractivity (Wildman–Crippen MR) is 121 cm³/mol. The van der Waals surface area contributed by atoms with Crippen LogP contribution in [0.1, 0.15) is 32.3 Å². The monoisotopic (exact) mass is 425 g/mol. The van der Waals surface area contributed by atoms with Gasteiger partial charge in [-0.25, -0.2) is 0 Å². The normalized spacial score (nSPS) is 16.1. The molecule has 1 fully saturated rings. The average Bonchev–Trinajstić information content (AvgIpc) is 2.97. The highest BCUT2D eigenvalue weighted by Gasteiger charge is 2.42. The summed E-state index contributed by atoms with van der Waals surface area (Å²) in [4.78, 5) is 29.0. The number of nitrogens with one attached hydrogen (secondary N) is 1. The second-order valence-electron chi connectivity index (χ2n) is 7.12. The van der Waals surface area contributed by atoms with Gasteiger partial charge in [-0.1, -0.05) is 37.3 Å². The maximum atomic E-state index is 12.9.